The molecule has 1 aliphatic heterocycles. The quantitative estimate of drug-likeness (QED) is 0.718. The summed E-state index contributed by atoms with van der Waals surface area (Å²) in [5.74, 6) is -1.24. The minimum absolute atomic E-state index is 0.387. The number of fused-ring (bicyclic) bond motifs is 2. The van der Waals surface area contributed by atoms with Gasteiger partial charge in [0, 0.05) is 12.8 Å². The topological polar surface area (TPSA) is 58.9 Å². The maximum atomic E-state index is 10.8. The number of rotatable bonds is 0. The minimum Gasteiger partial charge on any atom is -0.363 e. The van der Waals surface area contributed by atoms with Gasteiger partial charge in [-0.1, -0.05) is 13.8 Å². The summed E-state index contributed by atoms with van der Waals surface area (Å²) < 4.78 is 12.0. The highest BCUT2D eigenvalue weighted by Crippen LogP contribution is 2.45. The smallest absolute Gasteiger partial charge is 0.192 e. The Kier molecular flexibility index (Phi) is 3.87. The van der Waals surface area contributed by atoms with Gasteiger partial charge >= 0.3 is 0 Å². The van der Waals surface area contributed by atoms with Crippen molar-refractivity contribution in [2.24, 2.45) is 11.8 Å². The number of ether oxygens (including phenoxy) is 2. The summed E-state index contributed by atoms with van der Waals surface area (Å²) >= 11 is 0. The lowest BCUT2D eigenvalue weighted by Gasteiger charge is -2.50. The summed E-state index contributed by atoms with van der Waals surface area (Å²) in [6, 6.07) is 0. The summed E-state index contributed by atoms with van der Waals surface area (Å²) in [5, 5.41) is 21.7. The molecule has 20 heavy (non-hydrogen) atoms. The normalized spacial score (nSPS) is 53.4. The van der Waals surface area contributed by atoms with E-state index in [9.17, 15) is 10.2 Å². The van der Waals surface area contributed by atoms with Crippen molar-refractivity contribution in [2.75, 3.05) is 0 Å². The SMILES string of the molecule is CC1CCC2OC3(O)CCC(C)CCC3OC2(O)CC1. The first kappa shape index (κ1) is 14.8. The predicted molar refractivity (Wildman–Crippen MR) is 74.9 cm³/mol. The molecule has 6 unspecified atom stereocenters. The maximum absolute atomic E-state index is 10.8. The highest BCUT2D eigenvalue weighted by molar-refractivity contribution is 4.95. The van der Waals surface area contributed by atoms with Crippen LogP contribution in [-0.2, 0) is 9.47 Å². The van der Waals surface area contributed by atoms with Crippen LogP contribution in [0.2, 0.25) is 0 Å². The van der Waals surface area contributed by atoms with Crippen LogP contribution in [0.3, 0.4) is 0 Å². The van der Waals surface area contributed by atoms with Crippen LogP contribution in [0.15, 0.2) is 0 Å². The molecule has 0 aromatic rings. The average molecular weight is 284 g/mol. The van der Waals surface area contributed by atoms with Crippen molar-refractivity contribution < 1.29 is 19.7 Å². The second kappa shape index (κ2) is 5.24. The van der Waals surface area contributed by atoms with E-state index in [4.69, 9.17) is 9.47 Å². The number of hydrogen-bond acceptors (Lipinski definition) is 4. The van der Waals surface area contributed by atoms with Crippen molar-refractivity contribution in [1.82, 2.24) is 0 Å². The van der Waals surface area contributed by atoms with Gasteiger partial charge < -0.3 is 19.7 Å². The van der Waals surface area contributed by atoms with E-state index in [1.54, 1.807) is 0 Å². The largest absolute Gasteiger partial charge is 0.363 e. The lowest BCUT2D eigenvalue weighted by atomic mass is 9.96. The van der Waals surface area contributed by atoms with E-state index in [0.29, 0.717) is 24.7 Å². The lowest BCUT2D eigenvalue weighted by molar-refractivity contribution is -0.425. The first-order valence-corrected chi connectivity index (χ1v) is 8.22. The molecule has 2 saturated carbocycles. The third-order valence-electron chi connectivity index (χ3n) is 5.53. The third kappa shape index (κ3) is 2.63. The van der Waals surface area contributed by atoms with Crippen LogP contribution in [0, 0.1) is 11.8 Å². The highest BCUT2D eigenvalue weighted by atomic mass is 16.7. The van der Waals surface area contributed by atoms with Gasteiger partial charge in [-0.2, -0.15) is 0 Å². The van der Waals surface area contributed by atoms with E-state index in [2.05, 4.69) is 13.8 Å². The summed E-state index contributed by atoms with van der Waals surface area (Å²) in [5.41, 5.74) is 0. The van der Waals surface area contributed by atoms with Crippen molar-refractivity contribution in [3.8, 4) is 0 Å². The van der Waals surface area contributed by atoms with Crippen molar-refractivity contribution in [1.29, 1.82) is 0 Å². The summed E-state index contributed by atoms with van der Waals surface area (Å²) in [7, 11) is 0. The van der Waals surface area contributed by atoms with Gasteiger partial charge in [0.1, 0.15) is 12.2 Å². The second-order valence-electron chi connectivity index (χ2n) is 7.35. The molecular formula is C16H28O4. The summed E-state index contributed by atoms with van der Waals surface area (Å²) in [6.07, 6.45) is 5.94. The van der Waals surface area contributed by atoms with Crippen LogP contribution in [0.1, 0.15) is 65.2 Å². The van der Waals surface area contributed by atoms with Crippen LogP contribution >= 0.6 is 0 Å². The first-order chi connectivity index (χ1) is 9.41. The van der Waals surface area contributed by atoms with Crippen molar-refractivity contribution in [3.05, 3.63) is 0 Å². The van der Waals surface area contributed by atoms with Gasteiger partial charge in [0.05, 0.1) is 0 Å². The molecule has 3 rings (SSSR count). The maximum Gasteiger partial charge on any atom is 0.192 e. The average Bonchev–Trinajstić information content (AvgIpc) is 2.63. The Labute approximate surface area is 121 Å². The molecule has 4 nitrogen and oxygen atoms in total. The van der Waals surface area contributed by atoms with Gasteiger partial charge in [-0.3, -0.25) is 0 Å². The Balaban J connectivity index is 1.81. The van der Waals surface area contributed by atoms with Crippen LogP contribution in [0.5, 0.6) is 0 Å². The van der Waals surface area contributed by atoms with Crippen molar-refractivity contribution in [3.63, 3.8) is 0 Å². The molecule has 2 aliphatic carbocycles. The Morgan fingerprint density at radius 1 is 0.700 bits per heavy atom. The molecule has 0 aromatic carbocycles. The molecule has 0 bridgehead atoms. The zero-order chi connectivity index (χ0) is 14.4. The van der Waals surface area contributed by atoms with Gasteiger partial charge in [0.25, 0.3) is 0 Å². The van der Waals surface area contributed by atoms with Crippen molar-refractivity contribution in [2.45, 2.75) is 89.0 Å². The Bertz CT molecular complexity index is 326. The monoisotopic (exact) mass is 284 g/mol. The van der Waals surface area contributed by atoms with Gasteiger partial charge in [-0.15, -0.1) is 0 Å². The molecule has 1 heterocycles. The fourth-order valence-corrected chi connectivity index (χ4v) is 3.90. The van der Waals surface area contributed by atoms with Crippen molar-refractivity contribution >= 4 is 0 Å². The molecular weight excluding hydrogens is 256 g/mol. The molecule has 0 aromatic heterocycles. The first-order valence-electron chi connectivity index (χ1n) is 8.22. The highest BCUT2D eigenvalue weighted by Gasteiger charge is 2.56. The molecule has 4 heteroatoms. The Morgan fingerprint density at radius 3 is 1.50 bits per heavy atom. The van der Waals surface area contributed by atoms with Gasteiger partial charge in [-0.05, 0) is 50.4 Å². The van der Waals surface area contributed by atoms with E-state index in [1.807, 2.05) is 0 Å². The third-order valence-corrected chi connectivity index (χ3v) is 5.53. The van der Waals surface area contributed by atoms with Crippen LogP contribution in [0.25, 0.3) is 0 Å². The van der Waals surface area contributed by atoms with E-state index < -0.39 is 11.6 Å². The molecule has 0 amide bonds. The second-order valence-corrected chi connectivity index (χ2v) is 7.35. The van der Waals surface area contributed by atoms with E-state index >= 15 is 0 Å². The zero-order valence-electron chi connectivity index (χ0n) is 12.7. The fourth-order valence-electron chi connectivity index (χ4n) is 3.90. The molecule has 2 N–H and O–H groups in total. The van der Waals surface area contributed by atoms with Crippen LogP contribution in [0.4, 0.5) is 0 Å². The van der Waals surface area contributed by atoms with E-state index in [0.717, 1.165) is 38.5 Å². The van der Waals surface area contributed by atoms with E-state index in [-0.39, 0.29) is 12.2 Å². The van der Waals surface area contributed by atoms with Gasteiger partial charge in [-0.25, -0.2) is 0 Å². The number of aliphatic hydroxyl groups is 2. The molecule has 6 atom stereocenters. The molecule has 0 radical (unpaired) electrons. The Hall–Kier alpha value is -0.160. The molecule has 116 valence electrons. The lowest BCUT2D eigenvalue weighted by Crippen LogP contribution is -2.63. The predicted octanol–water partition coefficient (Wildman–Crippen LogP) is 2.57. The molecule has 1 saturated heterocycles. The van der Waals surface area contributed by atoms with Crippen LogP contribution in [-0.4, -0.2) is 34.0 Å². The zero-order valence-corrected chi connectivity index (χ0v) is 12.7. The van der Waals surface area contributed by atoms with Gasteiger partial charge in [0.2, 0.25) is 0 Å². The molecule has 3 aliphatic rings. The van der Waals surface area contributed by atoms with Crippen LogP contribution < -0.4 is 0 Å². The summed E-state index contributed by atoms with van der Waals surface area (Å²) in [4.78, 5) is 0. The number of hydrogen-bond donors (Lipinski definition) is 2. The molecule has 3 fully saturated rings. The minimum atomic E-state index is -1.20. The van der Waals surface area contributed by atoms with E-state index in [1.165, 1.54) is 0 Å². The summed E-state index contributed by atoms with van der Waals surface area (Å²) in [6.45, 7) is 4.41. The Morgan fingerprint density at radius 2 is 1.10 bits per heavy atom. The molecule has 0 spiro atoms. The van der Waals surface area contributed by atoms with Gasteiger partial charge in [0.15, 0.2) is 11.6 Å². The fraction of sp³-hybridized carbons (Fsp3) is 1.00. The standard InChI is InChI=1S/C16H28O4/c1-11-3-5-13-15(17,9-7-11)20-14-6-4-12(2)8-10-16(14,18)19-13/h11-14,17-18H,3-10H2,1-2H3.